The average molecular weight is 264 g/mol. The number of rotatable bonds is 7. The van der Waals surface area contributed by atoms with Crippen molar-refractivity contribution in [1.82, 2.24) is 5.32 Å². The summed E-state index contributed by atoms with van der Waals surface area (Å²) >= 11 is 0. The predicted octanol–water partition coefficient (Wildman–Crippen LogP) is 0.380. The molecular formula is C12H28N2O4. The maximum Gasteiger partial charge on any atom is 0.320 e. The highest BCUT2D eigenvalue weighted by Crippen LogP contribution is 1.90. The molecule has 0 heterocycles. The standard InChI is InChI=1S/C5H9NO3.C5H13NO.C2H6/c6-4(5(8)9)2-1-3-7;1-3-5(4-7)6-2;1-2/h3-4H,1-2,6H2,(H,8,9);5-7H,3-4H2,1-2H3;1-2H3. The Labute approximate surface area is 110 Å². The van der Waals surface area contributed by atoms with Crippen molar-refractivity contribution in [2.24, 2.45) is 5.73 Å². The number of carboxylic acids is 1. The number of hydrogen-bond donors (Lipinski definition) is 4. The monoisotopic (exact) mass is 264 g/mol. The summed E-state index contributed by atoms with van der Waals surface area (Å²) in [6, 6.07) is -0.602. The SMILES string of the molecule is CC.CCC(CO)NC.NC(CCC=O)C(=O)O. The summed E-state index contributed by atoms with van der Waals surface area (Å²) in [6.45, 7) is 6.28. The van der Waals surface area contributed by atoms with Gasteiger partial charge >= 0.3 is 5.97 Å². The van der Waals surface area contributed by atoms with Gasteiger partial charge in [0.1, 0.15) is 12.3 Å². The molecule has 6 nitrogen and oxygen atoms in total. The second-order valence-electron chi connectivity index (χ2n) is 3.27. The fourth-order valence-electron chi connectivity index (χ4n) is 0.796. The Bertz CT molecular complexity index is 179. The fraction of sp³-hybridized carbons (Fsp3) is 0.833. The lowest BCUT2D eigenvalue weighted by molar-refractivity contribution is -0.138. The molecule has 18 heavy (non-hydrogen) atoms. The van der Waals surface area contributed by atoms with Gasteiger partial charge in [-0.15, -0.1) is 0 Å². The Hall–Kier alpha value is -0.980. The highest BCUT2D eigenvalue weighted by Gasteiger charge is 2.08. The van der Waals surface area contributed by atoms with Crippen LogP contribution in [0.25, 0.3) is 0 Å². The third-order valence-corrected chi connectivity index (χ3v) is 2.03. The topological polar surface area (TPSA) is 113 Å². The van der Waals surface area contributed by atoms with Crippen molar-refractivity contribution in [3.8, 4) is 0 Å². The van der Waals surface area contributed by atoms with Crippen LogP contribution in [-0.2, 0) is 9.59 Å². The molecular weight excluding hydrogens is 236 g/mol. The van der Waals surface area contributed by atoms with E-state index >= 15 is 0 Å². The van der Waals surface area contributed by atoms with Crippen LogP contribution in [0, 0.1) is 0 Å². The van der Waals surface area contributed by atoms with Crippen LogP contribution in [-0.4, -0.2) is 48.2 Å². The van der Waals surface area contributed by atoms with Gasteiger partial charge in [-0.2, -0.15) is 0 Å². The van der Waals surface area contributed by atoms with Gasteiger partial charge in [0.05, 0.1) is 6.61 Å². The van der Waals surface area contributed by atoms with Crippen LogP contribution < -0.4 is 11.1 Å². The van der Waals surface area contributed by atoms with Gasteiger partial charge in [-0.1, -0.05) is 20.8 Å². The second kappa shape index (κ2) is 18.4. The summed E-state index contributed by atoms with van der Waals surface area (Å²) in [4.78, 5) is 19.6. The van der Waals surface area contributed by atoms with Crippen LogP contribution >= 0.6 is 0 Å². The molecule has 0 rings (SSSR count). The average Bonchev–Trinajstić information content (AvgIpc) is 2.41. The van der Waals surface area contributed by atoms with Crippen molar-refractivity contribution in [1.29, 1.82) is 0 Å². The summed E-state index contributed by atoms with van der Waals surface area (Å²) in [5, 5.41) is 19.6. The third kappa shape index (κ3) is 17.4. The van der Waals surface area contributed by atoms with Gasteiger partial charge < -0.3 is 26.1 Å². The molecule has 0 aromatic carbocycles. The first kappa shape index (κ1) is 22.2. The van der Waals surface area contributed by atoms with Gasteiger partial charge in [-0.25, -0.2) is 0 Å². The molecule has 0 amide bonds. The summed E-state index contributed by atoms with van der Waals surface area (Å²) in [6.07, 6.45) is 2.09. The number of likely N-dealkylation sites (N-methyl/N-ethyl adjacent to an activating group) is 1. The van der Waals surface area contributed by atoms with Crippen molar-refractivity contribution in [3.05, 3.63) is 0 Å². The smallest absolute Gasteiger partial charge is 0.320 e. The van der Waals surface area contributed by atoms with E-state index in [0.29, 0.717) is 12.3 Å². The van der Waals surface area contributed by atoms with Crippen molar-refractivity contribution in [2.45, 2.75) is 52.1 Å². The summed E-state index contributed by atoms with van der Waals surface area (Å²) in [5.74, 6) is -1.06. The van der Waals surface area contributed by atoms with Crippen LogP contribution in [0.15, 0.2) is 0 Å². The van der Waals surface area contributed by atoms with Gasteiger partial charge in [0.25, 0.3) is 0 Å². The van der Waals surface area contributed by atoms with E-state index in [1.165, 1.54) is 0 Å². The normalized spacial score (nSPS) is 12.1. The van der Waals surface area contributed by atoms with Gasteiger partial charge in [-0.05, 0) is 19.9 Å². The van der Waals surface area contributed by atoms with Crippen molar-refractivity contribution < 1.29 is 19.8 Å². The lowest BCUT2D eigenvalue weighted by atomic mass is 10.2. The van der Waals surface area contributed by atoms with E-state index in [1.807, 2.05) is 27.8 Å². The van der Waals surface area contributed by atoms with E-state index < -0.39 is 12.0 Å². The summed E-state index contributed by atoms with van der Waals surface area (Å²) < 4.78 is 0. The quantitative estimate of drug-likeness (QED) is 0.494. The maximum absolute atomic E-state index is 9.96. The molecule has 110 valence electrons. The zero-order valence-corrected chi connectivity index (χ0v) is 11.8. The summed E-state index contributed by atoms with van der Waals surface area (Å²) in [5.41, 5.74) is 5.04. The zero-order valence-electron chi connectivity index (χ0n) is 11.8. The Morgan fingerprint density at radius 1 is 1.44 bits per heavy atom. The molecule has 0 fully saturated rings. The fourth-order valence-corrected chi connectivity index (χ4v) is 0.796. The van der Waals surface area contributed by atoms with E-state index in [9.17, 15) is 9.59 Å². The molecule has 0 aliphatic heterocycles. The number of carbonyl (C=O) groups is 2. The first-order chi connectivity index (χ1) is 8.53. The Kier molecular flexibility index (Phi) is 22.7. The highest BCUT2D eigenvalue weighted by molar-refractivity contribution is 5.73. The molecule has 0 aliphatic rings. The summed E-state index contributed by atoms with van der Waals surface area (Å²) in [7, 11) is 1.85. The van der Waals surface area contributed by atoms with Crippen LogP contribution in [0.4, 0.5) is 0 Å². The number of aliphatic hydroxyl groups is 1. The highest BCUT2D eigenvalue weighted by atomic mass is 16.4. The number of aldehydes is 1. The predicted molar refractivity (Wildman–Crippen MR) is 72.5 cm³/mol. The zero-order chi connectivity index (χ0) is 15.0. The lowest BCUT2D eigenvalue weighted by Gasteiger charge is -2.07. The molecule has 0 saturated carbocycles. The van der Waals surface area contributed by atoms with Gasteiger partial charge in [0.2, 0.25) is 0 Å². The Morgan fingerprint density at radius 3 is 2.11 bits per heavy atom. The largest absolute Gasteiger partial charge is 0.480 e. The number of carboxylic acid groups (broad SMARTS) is 1. The van der Waals surface area contributed by atoms with E-state index in [4.69, 9.17) is 15.9 Å². The first-order valence-corrected chi connectivity index (χ1v) is 6.23. The molecule has 0 aromatic heterocycles. The Balaban J connectivity index is -0.000000225. The van der Waals surface area contributed by atoms with Crippen LogP contribution in [0.2, 0.25) is 0 Å². The molecule has 2 unspecified atom stereocenters. The molecule has 0 aliphatic carbocycles. The number of aliphatic carboxylic acids is 1. The minimum atomic E-state index is -1.06. The molecule has 2 atom stereocenters. The van der Waals surface area contributed by atoms with Crippen molar-refractivity contribution >= 4 is 12.3 Å². The van der Waals surface area contributed by atoms with Crippen molar-refractivity contribution in [2.75, 3.05) is 13.7 Å². The Morgan fingerprint density at radius 2 is 1.94 bits per heavy atom. The number of aliphatic hydroxyl groups excluding tert-OH is 1. The van der Waals surface area contributed by atoms with E-state index in [1.54, 1.807) is 0 Å². The van der Waals surface area contributed by atoms with E-state index in [2.05, 4.69) is 5.32 Å². The molecule has 6 heteroatoms. The number of nitrogens with two attached hydrogens (primary N) is 1. The van der Waals surface area contributed by atoms with E-state index in [-0.39, 0.29) is 19.4 Å². The molecule has 0 saturated heterocycles. The van der Waals surface area contributed by atoms with Crippen LogP contribution in [0.5, 0.6) is 0 Å². The van der Waals surface area contributed by atoms with Gasteiger partial charge in [0, 0.05) is 12.5 Å². The minimum absolute atomic E-state index is 0.216. The van der Waals surface area contributed by atoms with Crippen LogP contribution in [0.3, 0.4) is 0 Å². The first-order valence-electron chi connectivity index (χ1n) is 6.23. The molecule has 0 bridgehead atoms. The number of hydrogen-bond acceptors (Lipinski definition) is 5. The molecule has 0 spiro atoms. The van der Waals surface area contributed by atoms with Gasteiger partial charge in [-0.3, -0.25) is 4.79 Å². The van der Waals surface area contributed by atoms with Crippen molar-refractivity contribution in [3.63, 3.8) is 0 Å². The number of carbonyl (C=O) groups excluding carboxylic acids is 1. The minimum Gasteiger partial charge on any atom is -0.480 e. The van der Waals surface area contributed by atoms with Gasteiger partial charge in [0.15, 0.2) is 0 Å². The molecule has 5 N–H and O–H groups in total. The molecule has 0 aromatic rings. The lowest BCUT2D eigenvalue weighted by Crippen LogP contribution is -2.29. The third-order valence-electron chi connectivity index (χ3n) is 2.03. The van der Waals surface area contributed by atoms with Crippen LogP contribution in [0.1, 0.15) is 40.0 Å². The van der Waals surface area contributed by atoms with E-state index in [0.717, 1.165) is 6.42 Å². The maximum atomic E-state index is 9.96. The second-order valence-corrected chi connectivity index (χ2v) is 3.27. The molecule has 0 radical (unpaired) electrons. The number of nitrogens with one attached hydrogen (secondary N) is 1.